The van der Waals surface area contributed by atoms with Gasteiger partial charge in [-0.3, -0.25) is 0 Å². The Morgan fingerprint density at radius 1 is 1.60 bits per heavy atom. The van der Waals surface area contributed by atoms with Crippen LogP contribution in [0.3, 0.4) is 0 Å². The zero-order valence-electron chi connectivity index (χ0n) is 2.84. The van der Waals surface area contributed by atoms with E-state index >= 15 is 0 Å². The van der Waals surface area contributed by atoms with Crippen LogP contribution in [-0.4, -0.2) is 20.4 Å². The summed E-state index contributed by atoms with van der Waals surface area (Å²) in [5.74, 6) is 0. The fourth-order valence-electron chi connectivity index (χ4n) is 0. The smallest absolute Gasteiger partial charge is 0.283 e. The van der Waals surface area contributed by atoms with Crippen LogP contribution in [0.2, 0.25) is 0 Å². The molecule has 30 valence electrons. The lowest BCUT2D eigenvalue weighted by Crippen LogP contribution is -1.34. The van der Waals surface area contributed by atoms with E-state index in [1.54, 1.807) is 0 Å². The maximum absolute atomic E-state index is 7.14. The van der Waals surface area contributed by atoms with E-state index in [1.165, 1.54) is 0 Å². The maximum atomic E-state index is 7.14. The summed E-state index contributed by atoms with van der Waals surface area (Å²) in [4.78, 5) is 7.14. The summed E-state index contributed by atoms with van der Waals surface area (Å²) in [6, 6.07) is 0. The first-order chi connectivity index (χ1) is 2.41. The van der Waals surface area contributed by atoms with Gasteiger partial charge in [-0.2, -0.15) is 5.26 Å². The predicted octanol–water partition coefficient (Wildman–Crippen LogP) is -1.90. The Kier molecular flexibility index (Phi) is 171. The number of hydrogen-bond acceptors (Lipinski definition) is 3. The number of rotatable bonds is 0. The number of hydrogen-bond donors (Lipinski definition) is 2. The predicted molar refractivity (Wildman–Crippen MR) is 19.7 cm³/mol. The SMILES string of the molecule is N#CO.O[SiH3]. The van der Waals surface area contributed by atoms with Gasteiger partial charge < -0.3 is 9.90 Å². The van der Waals surface area contributed by atoms with Crippen LogP contribution in [0.1, 0.15) is 0 Å². The average Bonchev–Trinajstić information content (AvgIpc) is 1.46. The Morgan fingerprint density at radius 2 is 1.60 bits per heavy atom. The molecule has 0 aliphatic carbocycles. The van der Waals surface area contributed by atoms with E-state index in [0.29, 0.717) is 10.5 Å². The highest BCUT2D eigenvalue weighted by Gasteiger charge is 1.16. The van der Waals surface area contributed by atoms with Gasteiger partial charge in [0.05, 0.1) is 0 Å². The van der Waals surface area contributed by atoms with Gasteiger partial charge in [-0.1, -0.05) is 0 Å². The fraction of sp³-hybridized carbons (Fsp3) is 0. The van der Waals surface area contributed by atoms with Crippen LogP contribution in [0.15, 0.2) is 0 Å². The van der Waals surface area contributed by atoms with Crippen LogP contribution in [0.25, 0.3) is 0 Å². The molecule has 0 amide bonds. The average molecular weight is 91.1 g/mol. The van der Waals surface area contributed by atoms with Gasteiger partial charge in [0.25, 0.3) is 6.26 Å². The number of aliphatic hydroxyl groups is 1. The molecule has 3 nitrogen and oxygen atoms in total. The highest BCUT2D eigenvalue weighted by Crippen LogP contribution is 1.06. The first-order valence-corrected chi connectivity index (χ1v) is 1.79. The lowest BCUT2D eigenvalue weighted by atomic mass is 11.6. The number of nitrogens with zero attached hydrogens (tertiary/aromatic N) is 1. The molecular formula is CH5NO2Si. The van der Waals surface area contributed by atoms with Crippen LogP contribution in [0, 0.1) is 11.5 Å². The summed E-state index contributed by atoms with van der Waals surface area (Å²) in [6.07, 6.45) is 0.750. The molecule has 4 heteroatoms. The van der Waals surface area contributed by atoms with Crippen LogP contribution < -0.4 is 0 Å². The van der Waals surface area contributed by atoms with Crippen LogP contribution >= 0.6 is 0 Å². The Bertz CT molecular complexity index is 31.1. The van der Waals surface area contributed by atoms with E-state index < -0.39 is 0 Å². The molecule has 2 N–H and O–H groups in total. The van der Waals surface area contributed by atoms with Crippen molar-refractivity contribution in [3.63, 3.8) is 0 Å². The molecule has 0 fully saturated rings. The zero-order chi connectivity index (χ0) is 4.71. The summed E-state index contributed by atoms with van der Waals surface area (Å²) in [7, 11) is 0.306. The van der Waals surface area contributed by atoms with Crippen molar-refractivity contribution in [3.8, 4) is 6.26 Å². The molecule has 0 aromatic carbocycles. The zero-order valence-corrected chi connectivity index (χ0v) is 4.84. The lowest BCUT2D eigenvalue weighted by molar-refractivity contribution is 0.503. The monoisotopic (exact) mass is 91.0 g/mol. The van der Waals surface area contributed by atoms with Gasteiger partial charge in [0.1, 0.15) is 10.5 Å². The van der Waals surface area contributed by atoms with Crippen LogP contribution in [0.5, 0.6) is 0 Å². The lowest BCUT2D eigenvalue weighted by Gasteiger charge is -1.25. The Morgan fingerprint density at radius 3 is 1.60 bits per heavy atom. The molecule has 0 bridgehead atoms. The maximum Gasteiger partial charge on any atom is 0.283 e. The second kappa shape index (κ2) is 96.8. The summed E-state index contributed by atoms with van der Waals surface area (Å²) in [6.45, 7) is 0. The molecule has 0 saturated carbocycles. The molecule has 0 heterocycles. The second-order valence-corrected chi connectivity index (χ2v) is 0.100. The van der Waals surface area contributed by atoms with E-state index in [9.17, 15) is 0 Å². The van der Waals surface area contributed by atoms with Crippen molar-refractivity contribution in [1.82, 2.24) is 0 Å². The Hall–Kier alpha value is -0.533. The molecule has 0 radical (unpaired) electrons. The minimum Gasteiger partial charge on any atom is -0.443 e. The topological polar surface area (TPSA) is 64.2 Å². The van der Waals surface area contributed by atoms with Crippen molar-refractivity contribution in [2.24, 2.45) is 0 Å². The van der Waals surface area contributed by atoms with E-state index in [0.717, 1.165) is 6.26 Å². The van der Waals surface area contributed by atoms with E-state index in [2.05, 4.69) is 0 Å². The second-order valence-electron chi connectivity index (χ2n) is 0.100. The van der Waals surface area contributed by atoms with Gasteiger partial charge in [-0.05, 0) is 0 Å². The van der Waals surface area contributed by atoms with Crippen molar-refractivity contribution in [2.75, 3.05) is 0 Å². The summed E-state index contributed by atoms with van der Waals surface area (Å²) >= 11 is 0. The van der Waals surface area contributed by atoms with Gasteiger partial charge in [-0.15, -0.1) is 0 Å². The molecule has 0 aromatic heterocycles. The number of nitriles is 1. The summed E-state index contributed by atoms with van der Waals surface area (Å²) in [5.41, 5.74) is 0. The Labute approximate surface area is 33.0 Å². The fourth-order valence-corrected chi connectivity index (χ4v) is 0. The molecule has 0 unspecified atom stereocenters. The molecular weight excluding hydrogens is 86.1 g/mol. The molecule has 0 saturated heterocycles. The van der Waals surface area contributed by atoms with Crippen molar-refractivity contribution < 1.29 is 9.90 Å². The molecule has 0 aliphatic heterocycles. The van der Waals surface area contributed by atoms with Crippen molar-refractivity contribution in [3.05, 3.63) is 0 Å². The molecule has 0 aromatic rings. The van der Waals surface area contributed by atoms with E-state index in [-0.39, 0.29) is 0 Å². The highest BCUT2D eigenvalue weighted by molar-refractivity contribution is 5.95. The van der Waals surface area contributed by atoms with Crippen LogP contribution in [-0.2, 0) is 0 Å². The molecule has 0 spiro atoms. The molecule has 0 rings (SSSR count). The molecule has 0 atom stereocenters. The number of aliphatic hydroxyl groups excluding tert-OH is 1. The summed E-state index contributed by atoms with van der Waals surface area (Å²) < 4.78 is 0. The van der Waals surface area contributed by atoms with Gasteiger partial charge >= 0.3 is 0 Å². The van der Waals surface area contributed by atoms with Crippen molar-refractivity contribution in [1.29, 1.82) is 5.26 Å². The standard InChI is InChI=1S/CHNO.H4OSi/c2-1-3;1-2/h3H;1H,2H3. The molecule has 0 aliphatic rings. The van der Waals surface area contributed by atoms with Gasteiger partial charge in [0.2, 0.25) is 0 Å². The third-order valence-electron chi connectivity index (χ3n) is 0. The summed E-state index contributed by atoms with van der Waals surface area (Å²) in [5, 5.41) is 13.8. The quantitative estimate of drug-likeness (QED) is 0.270. The van der Waals surface area contributed by atoms with Crippen LogP contribution in [0.4, 0.5) is 0 Å². The Balaban J connectivity index is 0. The van der Waals surface area contributed by atoms with E-state index in [1.807, 2.05) is 0 Å². The van der Waals surface area contributed by atoms with Gasteiger partial charge in [0.15, 0.2) is 0 Å². The first kappa shape index (κ1) is 8.82. The molecule has 5 heavy (non-hydrogen) atoms. The first-order valence-electron chi connectivity index (χ1n) is 0.894. The third-order valence-corrected chi connectivity index (χ3v) is 0. The van der Waals surface area contributed by atoms with Gasteiger partial charge in [-0.25, -0.2) is 0 Å². The largest absolute Gasteiger partial charge is 0.443 e. The van der Waals surface area contributed by atoms with Crippen molar-refractivity contribution >= 4 is 10.5 Å². The minimum atomic E-state index is 0.306. The normalized spacial score (nSPS) is 3.20. The van der Waals surface area contributed by atoms with E-state index in [4.69, 9.17) is 15.2 Å². The van der Waals surface area contributed by atoms with Gasteiger partial charge in [0, 0.05) is 0 Å². The highest BCUT2D eigenvalue weighted by atomic mass is 28.2. The van der Waals surface area contributed by atoms with Crippen molar-refractivity contribution in [2.45, 2.75) is 0 Å². The minimum absolute atomic E-state index is 0.306. The third kappa shape index (κ3) is 26.2.